The summed E-state index contributed by atoms with van der Waals surface area (Å²) < 4.78 is 10.8. The van der Waals surface area contributed by atoms with E-state index >= 15 is 0 Å². The van der Waals surface area contributed by atoms with Gasteiger partial charge in [0.05, 0.1) is 12.7 Å². The van der Waals surface area contributed by atoms with Gasteiger partial charge in [0.1, 0.15) is 12.1 Å². The van der Waals surface area contributed by atoms with Gasteiger partial charge in [-0.15, -0.1) is 0 Å². The van der Waals surface area contributed by atoms with Crippen molar-refractivity contribution < 1.29 is 9.47 Å². The number of nitrogens with one attached hydrogen (secondary N) is 1. The van der Waals surface area contributed by atoms with Crippen LogP contribution in [0.5, 0.6) is 5.88 Å². The predicted octanol–water partition coefficient (Wildman–Crippen LogP) is 1.47. The predicted molar refractivity (Wildman–Crippen MR) is 60.7 cm³/mol. The Hall–Kier alpha value is -1.36. The molecule has 1 fully saturated rings. The Labute approximate surface area is 95.2 Å². The summed E-state index contributed by atoms with van der Waals surface area (Å²) in [5.41, 5.74) is 0. The molecule has 1 N–H and O–H groups in total. The van der Waals surface area contributed by atoms with Crippen LogP contribution in [0.15, 0.2) is 12.4 Å². The third-order valence-electron chi connectivity index (χ3n) is 2.47. The van der Waals surface area contributed by atoms with Crippen molar-refractivity contribution in [3.63, 3.8) is 0 Å². The van der Waals surface area contributed by atoms with Crippen molar-refractivity contribution in [3.05, 3.63) is 12.4 Å². The quantitative estimate of drug-likeness (QED) is 0.819. The molecule has 88 valence electrons. The highest BCUT2D eigenvalue weighted by Crippen LogP contribution is 2.14. The molecule has 2 rings (SSSR count). The van der Waals surface area contributed by atoms with Crippen molar-refractivity contribution in [1.82, 2.24) is 9.97 Å². The molecule has 1 aromatic heterocycles. The van der Waals surface area contributed by atoms with Gasteiger partial charge in [0, 0.05) is 19.2 Å². The first-order valence-corrected chi connectivity index (χ1v) is 5.69. The van der Waals surface area contributed by atoms with Crippen LogP contribution in [-0.4, -0.2) is 35.8 Å². The molecule has 2 heterocycles. The average Bonchev–Trinajstić information content (AvgIpc) is 2.80. The molecular weight excluding hydrogens is 206 g/mol. The minimum atomic E-state index is 0.311. The van der Waals surface area contributed by atoms with E-state index in [4.69, 9.17) is 9.47 Å². The molecule has 16 heavy (non-hydrogen) atoms. The van der Waals surface area contributed by atoms with Crippen LogP contribution >= 0.6 is 0 Å². The molecule has 5 nitrogen and oxygen atoms in total. The zero-order valence-corrected chi connectivity index (χ0v) is 9.48. The molecule has 0 saturated carbocycles. The van der Waals surface area contributed by atoms with Crippen LogP contribution in [0.25, 0.3) is 0 Å². The van der Waals surface area contributed by atoms with E-state index in [-0.39, 0.29) is 0 Å². The molecule has 0 radical (unpaired) electrons. The van der Waals surface area contributed by atoms with Crippen LogP contribution in [0.1, 0.15) is 19.8 Å². The fourth-order valence-corrected chi connectivity index (χ4v) is 1.69. The first-order chi connectivity index (χ1) is 7.88. The van der Waals surface area contributed by atoms with Gasteiger partial charge in [-0.3, -0.25) is 0 Å². The van der Waals surface area contributed by atoms with E-state index in [1.807, 2.05) is 6.92 Å². The number of hydrogen-bond donors (Lipinski definition) is 1. The monoisotopic (exact) mass is 223 g/mol. The van der Waals surface area contributed by atoms with Gasteiger partial charge in [-0.2, -0.15) is 0 Å². The zero-order chi connectivity index (χ0) is 11.2. The van der Waals surface area contributed by atoms with Gasteiger partial charge in [0.25, 0.3) is 0 Å². The van der Waals surface area contributed by atoms with Gasteiger partial charge >= 0.3 is 0 Å². The van der Waals surface area contributed by atoms with E-state index in [0.29, 0.717) is 18.6 Å². The van der Waals surface area contributed by atoms with Crippen molar-refractivity contribution in [3.8, 4) is 5.88 Å². The Morgan fingerprint density at radius 1 is 1.56 bits per heavy atom. The van der Waals surface area contributed by atoms with E-state index in [0.717, 1.165) is 31.8 Å². The van der Waals surface area contributed by atoms with Gasteiger partial charge in [0.15, 0.2) is 0 Å². The lowest BCUT2D eigenvalue weighted by Crippen LogP contribution is -2.19. The number of rotatable bonds is 5. The standard InChI is InChI=1S/C11H17N3O2/c1-2-15-11-6-10(13-8-14-11)12-7-9-4-3-5-16-9/h6,8-9H,2-5,7H2,1H3,(H,12,13,14). The summed E-state index contributed by atoms with van der Waals surface area (Å²) >= 11 is 0. The van der Waals surface area contributed by atoms with Crippen LogP contribution in [0.4, 0.5) is 5.82 Å². The van der Waals surface area contributed by atoms with Crippen molar-refractivity contribution in [1.29, 1.82) is 0 Å². The number of ether oxygens (including phenoxy) is 2. The molecule has 5 heteroatoms. The van der Waals surface area contributed by atoms with Gasteiger partial charge in [-0.25, -0.2) is 9.97 Å². The smallest absolute Gasteiger partial charge is 0.218 e. The first kappa shape index (κ1) is 11.1. The summed E-state index contributed by atoms with van der Waals surface area (Å²) in [7, 11) is 0. The summed E-state index contributed by atoms with van der Waals surface area (Å²) in [6.07, 6.45) is 4.09. The lowest BCUT2D eigenvalue weighted by Gasteiger charge is -2.11. The Kier molecular flexibility index (Phi) is 3.93. The number of anilines is 1. The third kappa shape index (κ3) is 3.06. The molecule has 1 unspecified atom stereocenters. The SMILES string of the molecule is CCOc1cc(NCC2CCCO2)ncn1. The zero-order valence-electron chi connectivity index (χ0n) is 9.48. The normalized spacial score (nSPS) is 19.7. The van der Waals surface area contributed by atoms with Crippen molar-refractivity contribution >= 4 is 5.82 Å². The minimum absolute atomic E-state index is 0.311. The van der Waals surface area contributed by atoms with E-state index in [2.05, 4.69) is 15.3 Å². The highest BCUT2D eigenvalue weighted by Gasteiger charge is 2.15. The molecule has 1 aliphatic rings. The van der Waals surface area contributed by atoms with Crippen LogP contribution in [0.3, 0.4) is 0 Å². The molecule has 0 amide bonds. The highest BCUT2D eigenvalue weighted by molar-refractivity contribution is 5.37. The Balaban J connectivity index is 1.85. The number of nitrogens with zero attached hydrogens (tertiary/aromatic N) is 2. The van der Waals surface area contributed by atoms with Gasteiger partial charge in [-0.05, 0) is 19.8 Å². The van der Waals surface area contributed by atoms with E-state index in [1.165, 1.54) is 6.33 Å². The fraction of sp³-hybridized carbons (Fsp3) is 0.636. The number of aromatic nitrogens is 2. The van der Waals surface area contributed by atoms with Crippen LogP contribution < -0.4 is 10.1 Å². The molecular formula is C11H17N3O2. The summed E-state index contributed by atoms with van der Waals surface area (Å²) in [6.45, 7) is 4.21. The summed E-state index contributed by atoms with van der Waals surface area (Å²) in [6, 6.07) is 1.80. The van der Waals surface area contributed by atoms with Gasteiger partial charge in [-0.1, -0.05) is 0 Å². The molecule has 0 aromatic carbocycles. The molecule has 1 aromatic rings. The number of hydrogen-bond acceptors (Lipinski definition) is 5. The Morgan fingerprint density at radius 3 is 3.25 bits per heavy atom. The van der Waals surface area contributed by atoms with E-state index < -0.39 is 0 Å². The maximum Gasteiger partial charge on any atom is 0.218 e. The largest absolute Gasteiger partial charge is 0.478 e. The third-order valence-corrected chi connectivity index (χ3v) is 2.47. The maximum absolute atomic E-state index is 5.52. The summed E-state index contributed by atoms with van der Waals surface area (Å²) in [5.74, 6) is 1.39. The fourth-order valence-electron chi connectivity index (χ4n) is 1.69. The first-order valence-electron chi connectivity index (χ1n) is 5.69. The van der Waals surface area contributed by atoms with Gasteiger partial charge < -0.3 is 14.8 Å². The minimum Gasteiger partial charge on any atom is -0.478 e. The summed E-state index contributed by atoms with van der Waals surface area (Å²) in [4.78, 5) is 8.13. The van der Waals surface area contributed by atoms with Crippen LogP contribution in [0, 0.1) is 0 Å². The van der Waals surface area contributed by atoms with Crippen LogP contribution in [-0.2, 0) is 4.74 Å². The maximum atomic E-state index is 5.52. The molecule has 0 aliphatic carbocycles. The van der Waals surface area contributed by atoms with Crippen molar-refractivity contribution in [2.75, 3.05) is 25.1 Å². The van der Waals surface area contributed by atoms with Crippen LogP contribution in [0.2, 0.25) is 0 Å². The lowest BCUT2D eigenvalue weighted by molar-refractivity contribution is 0.120. The van der Waals surface area contributed by atoms with Crippen molar-refractivity contribution in [2.24, 2.45) is 0 Å². The molecule has 1 atom stereocenters. The van der Waals surface area contributed by atoms with Crippen molar-refractivity contribution in [2.45, 2.75) is 25.9 Å². The topological polar surface area (TPSA) is 56.3 Å². The highest BCUT2D eigenvalue weighted by atomic mass is 16.5. The van der Waals surface area contributed by atoms with E-state index in [1.54, 1.807) is 6.07 Å². The molecule has 0 spiro atoms. The second-order valence-electron chi connectivity index (χ2n) is 3.69. The van der Waals surface area contributed by atoms with Gasteiger partial charge in [0.2, 0.25) is 5.88 Å². The molecule has 0 bridgehead atoms. The Bertz CT molecular complexity index is 327. The molecule has 1 aliphatic heterocycles. The van der Waals surface area contributed by atoms with E-state index in [9.17, 15) is 0 Å². The average molecular weight is 223 g/mol. The second-order valence-corrected chi connectivity index (χ2v) is 3.69. The molecule has 1 saturated heterocycles. The Morgan fingerprint density at radius 2 is 2.50 bits per heavy atom. The summed E-state index contributed by atoms with van der Waals surface area (Å²) in [5, 5.41) is 3.23. The second kappa shape index (κ2) is 5.65. The lowest BCUT2D eigenvalue weighted by atomic mass is 10.2.